The van der Waals surface area contributed by atoms with Gasteiger partial charge in [-0.3, -0.25) is 4.90 Å². The zero-order chi connectivity index (χ0) is 12.1. The van der Waals surface area contributed by atoms with Crippen LogP contribution >= 0.6 is 11.3 Å². The third-order valence-corrected chi connectivity index (χ3v) is 4.38. The van der Waals surface area contributed by atoms with Gasteiger partial charge in [-0.2, -0.15) is 11.3 Å². The number of hydrogen-bond donors (Lipinski definition) is 2. The second-order valence-electron chi connectivity index (χ2n) is 4.82. The number of aliphatic hydroxyl groups excluding tert-OH is 1. The number of thiophene rings is 1. The van der Waals surface area contributed by atoms with Crippen LogP contribution in [-0.2, 0) is 0 Å². The molecule has 0 bridgehead atoms. The van der Waals surface area contributed by atoms with E-state index in [1.807, 2.05) is 0 Å². The largest absolute Gasteiger partial charge is 0.396 e. The Balaban J connectivity index is 1.99. The highest BCUT2D eigenvalue weighted by Gasteiger charge is 2.25. The third kappa shape index (κ3) is 3.28. The molecule has 1 aliphatic heterocycles. The molecule has 2 rings (SSSR count). The molecule has 0 aromatic carbocycles. The topological polar surface area (TPSA) is 49.5 Å². The summed E-state index contributed by atoms with van der Waals surface area (Å²) in [6.45, 7) is 3.21. The van der Waals surface area contributed by atoms with Gasteiger partial charge in [0.15, 0.2) is 0 Å². The second-order valence-corrected chi connectivity index (χ2v) is 5.60. The Hall–Kier alpha value is -0.420. The van der Waals surface area contributed by atoms with Crippen molar-refractivity contribution in [2.45, 2.75) is 25.3 Å². The molecule has 1 aliphatic rings. The molecule has 2 heterocycles. The average molecular weight is 254 g/mol. The van der Waals surface area contributed by atoms with Crippen molar-refractivity contribution >= 4 is 11.3 Å². The Morgan fingerprint density at radius 3 is 3.12 bits per heavy atom. The van der Waals surface area contributed by atoms with E-state index in [0.717, 1.165) is 19.5 Å². The first-order valence-corrected chi connectivity index (χ1v) is 7.36. The standard InChI is InChI=1S/C13H22N2OS/c14-8-13(12-4-7-17-10-12)15-5-1-2-11(9-15)3-6-16/h4,7,10-11,13,16H,1-3,5-6,8-9,14H2. The zero-order valence-electron chi connectivity index (χ0n) is 10.2. The van der Waals surface area contributed by atoms with Gasteiger partial charge in [-0.25, -0.2) is 0 Å². The molecule has 1 aromatic heterocycles. The number of nitrogens with zero attached hydrogens (tertiary/aromatic N) is 1. The molecule has 4 heteroatoms. The normalized spacial score (nSPS) is 23.8. The quantitative estimate of drug-likeness (QED) is 0.843. The number of nitrogens with two attached hydrogens (primary N) is 1. The van der Waals surface area contributed by atoms with Crippen molar-refractivity contribution in [1.29, 1.82) is 0 Å². The van der Waals surface area contributed by atoms with Crippen molar-refractivity contribution in [2.24, 2.45) is 11.7 Å². The Morgan fingerprint density at radius 1 is 1.59 bits per heavy atom. The predicted molar refractivity (Wildman–Crippen MR) is 72.1 cm³/mol. The number of likely N-dealkylation sites (tertiary alicyclic amines) is 1. The van der Waals surface area contributed by atoms with Gasteiger partial charge in [-0.05, 0) is 54.1 Å². The molecule has 1 saturated heterocycles. The fourth-order valence-electron chi connectivity index (χ4n) is 2.76. The average Bonchev–Trinajstić information content (AvgIpc) is 2.85. The lowest BCUT2D eigenvalue weighted by molar-refractivity contribution is 0.110. The third-order valence-electron chi connectivity index (χ3n) is 3.68. The van der Waals surface area contributed by atoms with Crippen LogP contribution in [0.2, 0.25) is 0 Å². The minimum Gasteiger partial charge on any atom is -0.396 e. The maximum atomic E-state index is 9.04. The minimum atomic E-state index is 0.310. The molecule has 0 amide bonds. The summed E-state index contributed by atoms with van der Waals surface area (Å²) >= 11 is 1.74. The Labute approximate surface area is 107 Å². The van der Waals surface area contributed by atoms with E-state index in [1.165, 1.54) is 18.4 Å². The zero-order valence-corrected chi connectivity index (χ0v) is 11.0. The number of piperidine rings is 1. The maximum Gasteiger partial charge on any atom is 0.0478 e. The number of hydrogen-bond acceptors (Lipinski definition) is 4. The van der Waals surface area contributed by atoms with E-state index in [0.29, 0.717) is 25.1 Å². The van der Waals surface area contributed by atoms with Crippen LogP contribution in [0.25, 0.3) is 0 Å². The molecule has 0 radical (unpaired) electrons. The van der Waals surface area contributed by atoms with Gasteiger partial charge in [0.05, 0.1) is 0 Å². The summed E-state index contributed by atoms with van der Waals surface area (Å²) in [6.07, 6.45) is 3.40. The van der Waals surface area contributed by atoms with E-state index in [2.05, 4.69) is 21.7 Å². The molecule has 2 atom stereocenters. The van der Waals surface area contributed by atoms with Crippen LogP contribution < -0.4 is 5.73 Å². The number of aliphatic hydroxyl groups is 1. The van der Waals surface area contributed by atoms with Crippen molar-refractivity contribution in [3.8, 4) is 0 Å². The van der Waals surface area contributed by atoms with Gasteiger partial charge in [0.25, 0.3) is 0 Å². The Kier molecular flexibility index (Phi) is 4.98. The van der Waals surface area contributed by atoms with Crippen LogP contribution in [0, 0.1) is 5.92 Å². The SMILES string of the molecule is NCC(c1ccsc1)N1CCCC(CCO)C1. The molecule has 17 heavy (non-hydrogen) atoms. The molecular weight excluding hydrogens is 232 g/mol. The van der Waals surface area contributed by atoms with Crippen molar-refractivity contribution in [2.75, 3.05) is 26.2 Å². The maximum absolute atomic E-state index is 9.04. The summed E-state index contributed by atoms with van der Waals surface area (Å²) in [5.41, 5.74) is 7.28. The fraction of sp³-hybridized carbons (Fsp3) is 0.692. The molecule has 2 unspecified atom stereocenters. The van der Waals surface area contributed by atoms with E-state index >= 15 is 0 Å². The molecule has 1 aromatic rings. The summed E-state index contributed by atoms with van der Waals surface area (Å²) in [5, 5.41) is 13.4. The van der Waals surface area contributed by atoms with Crippen molar-refractivity contribution in [3.05, 3.63) is 22.4 Å². The lowest BCUT2D eigenvalue weighted by Crippen LogP contribution is -2.41. The van der Waals surface area contributed by atoms with Gasteiger partial charge in [0.1, 0.15) is 0 Å². The van der Waals surface area contributed by atoms with Gasteiger partial charge >= 0.3 is 0 Å². The molecule has 0 aliphatic carbocycles. The summed E-state index contributed by atoms with van der Waals surface area (Å²) < 4.78 is 0. The van der Waals surface area contributed by atoms with Crippen LogP contribution in [0.3, 0.4) is 0 Å². The van der Waals surface area contributed by atoms with E-state index < -0.39 is 0 Å². The van der Waals surface area contributed by atoms with Crippen molar-refractivity contribution in [1.82, 2.24) is 4.90 Å². The molecule has 1 fully saturated rings. The highest BCUT2D eigenvalue weighted by molar-refractivity contribution is 7.07. The summed E-state index contributed by atoms with van der Waals surface area (Å²) in [4.78, 5) is 2.49. The summed E-state index contributed by atoms with van der Waals surface area (Å²) in [5.74, 6) is 0.640. The molecule has 96 valence electrons. The van der Waals surface area contributed by atoms with Crippen molar-refractivity contribution in [3.63, 3.8) is 0 Å². The van der Waals surface area contributed by atoms with E-state index in [4.69, 9.17) is 10.8 Å². The first-order chi connectivity index (χ1) is 8.35. The highest BCUT2D eigenvalue weighted by atomic mass is 32.1. The van der Waals surface area contributed by atoms with E-state index in [1.54, 1.807) is 11.3 Å². The smallest absolute Gasteiger partial charge is 0.0478 e. The van der Waals surface area contributed by atoms with Gasteiger partial charge in [-0.15, -0.1) is 0 Å². The fourth-order valence-corrected chi connectivity index (χ4v) is 3.47. The molecule has 3 nitrogen and oxygen atoms in total. The summed E-state index contributed by atoms with van der Waals surface area (Å²) in [6, 6.07) is 2.54. The van der Waals surface area contributed by atoms with Gasteiger partial charge in [0.2, 0.25) is 0 Å². The van der Waals surface area contributed by atoms with Crippen LogP contribution in [-0.4, -0.2) is 36.2 Å². The lowest BCUT2D eigenvalue weighted by Gasteiger charge is -2.37. The van der Waals surface area contributed by atoms with Gasteiger partial charge < -0.3 is 10.8 Å². The Bertz CT molecular complexity index is 313. The van der Waals surface area contributed by atoms with E-state index in [9.17, 15) is 0 Å². The van der Waals surface area contributed by atoms with Crippen LogP contribution in [0.1, 0.15) is 30.9 Å². The highest BCUT2D eigenvalue weighted by Crippen LogP contribution is 2.28. The van der Waals surface area contributed by atoms with Crippen molar-refractivity contribution < 1.29 is 5.11 Å². The van der Waals surface area contributed by atoms with Gasteiger partial charge in [0, 0.05) is 25.7 Å². The molecular formula is C13H22N2OS. The molecule has 0 spiro atoms. The summed E-state index contributed by atoms with van der Waals surface area (Å²) in [7, 11) is 0. The van der Waals surface area contributed by atoms with Crippen LogP contribution in [0.4, 0.5) is 0 Å². The monoisotopic (exact) mass is 254 g/mol. The molecule has 3 N–H and O–H groups in total. The molecule has 0 saturated carbocycles. The van der Waals surface area contributed by atoms with Crippen LogP contribution in [0.15, 0.2) is 16.8 Å². The predicted octanol–water partition coefficient (Wildman–Crippen LogP) is 1.84. The first-order valence-electron chi connectivity index (χ1n) is 6.42. The Morgan fingerprint density at radius 2 is 2.47 bits per heavy atom. The van der Waals surface area contributed by atoms with Gasteiger partial charge in [-0.1, -0.05) is 0 Å². The lowest BCUT2D eigenvalue weighted by atomic mass is 9.93. The minimum absolute atomic E-state index is 0.310. The van der Waals surface area contributed by atoms with E-state index in [-0.39, 0.29) is 0 Å². The van der Waals surface area contributed by atoms with Crippen LogP contribution in [0.5, 0.6) is 0 Å². The second kappa shape index (κ2) is 6.50. The first kappa shape index (κ1) is 13.0. The number of rotatable bonds is 5.